The molecule has 0 saturated carbocycles. The van der Waals surface area contributed by atoms with E-state index in [9.17, 15) is 8.42 Å². The van der Waals surface area contributed by atoms with Crippen LogP contribution in [0.1, 0.15) is 18.4 Å². The van der Waals surface area contributed by atoms with Crippen LogP contribution in [0.15, 0.2) is 22.7 Å². The Morgan fingerprint density at radius 2 is 2.05 bits per heavy atom. The molecule has 0 atom stereocenters. The quantitative estimate of drug-likeness (QED) is 0.895. The van der Waals surface area contributed by atoms with Crippen molar-refractivity contribution in [2.24, 2.45) is 0 Å². The predicted octanol–water partition coefficient (Wildman–Crippen LogP) is 1.84. The average molecular weight is 358 g/mol. The van der Waals surface area contributed by atoms with Crippen LogP contribution >= 0.6 is 15.9 Å². The van der Waals surface area contributed by atoms with Crippen molar-refractivity contribution in [3.8, 4) is 6.07 Å². The maximum atomic E-state index is 11.2. The van der Waals surface area contributed by atoms with E-state index in [1.165, 1.54) is 6.26 Å². The van der Waals surface area contributed by atoms with Gasteiger partial charge in [-0.25, -0.2) is 13.1 Å². The first-order valence-corrected chi connectivity index (χ1v) is 8.99. The van der Waals surface area contributed by atoms with Gasteiger partial charge in [0.15, 0.2) is 0 Å². The lowest BCUT2D eigenvalue weighted by Crippen LogP contribution is -2.44. The van der Waals surface area contributed by atoms with Gasteiger partial charge in [-0.3, -0.25) is 0 Å². The van der Waals surface area contributed by atoms with E-state index in [-0.39, 0.29) is 6.04 Å². The zero-order chi connectivity index (χ0) is 14.8. The highest BCUT2D eigenvalue weighted by Crippen LogP contribution is 2.29. The van der Waals surface area contributed by atoms with E-state index in [0.717, 1.165) is 36.1 Å². The molecule has 108 valence electrons. The fourth-order valence-electron chi connectivity index (χ4n) is 2.37. The Hall–Kier alpha value is -1.10. The van der Waals surface area contributed by atoms with Crippen LogP contribution in [0.3, 0.4) is 0 Å². The molecule has 1 saturated heterocycles. The van der Waals surface area contributed by atoms with Crippen LogP contribution in [-0.4, -0.2) is 33.8 Å². The first-order valence-electron chi connectivity index (χ1n) is 6.31. The van der Waals surface area contributed by atoms with E-state index in [2.05, 4.69) is 31.6 Å². The molecule has 7 heteroatoms. The second kappa shape index (κ2) is 6.12. The number of rotatable bonds is 3. The van der Waals surface area contributed by atoms with Gasteiger partial charge < -0.3 is 4.90 Å². The summed E-state index contributed by atoms with van der Waals surface area (Å²) in [5, 5.41) is 8.86. The lowest BCUT2D eigenvalue weighted by Gasteiger charge is -2.34. The molecule has 1 aromatic rings. The largest absolute Gasteiger partial charge is 0.371 e. The van der Waals surface area contributed by atoms with Gasteiger partial charge in [-0.05, 0) is 47.0 Å². The predicted molar refractivity (Wildman–Crippen MR) is 82.1 cm³/mol. The minimum atomic E-state index is -3.14. The van der Waals surface area contributed by atoms with Crippen LogP contribution in [-0.2, 0) is 10.0 Å². The van der Waals surface area contributed by atoms with Gasteiger partial charge in [-0.1, -0.05) is 0 Å². The van der Waals surface area contributed by atoms with Crippen LogP contribution in [0.2, 0.25) is 0 Å². The standard InChI is InChI=1S/C13H16BrN3O2S/c1-20(18,19)16-11-4-6-17(7-5-11)13-3-2-10(9-15)8-12(13)14/h2-3,8,11,16H,4-7H2,1H3. The monoisotopic (exact) mass is 357 g/mol. The van der Waals surface area contributed by atoms with Crippen molar-refractivity contribution in [3.63, 3.8) is 0 Å². The van der Waals surface area contributed by atoms with Gasteiger partial charge >= 0.3 is 0 Å². The van der Waals surface area contributed by atoms with E-state index in [1.54, 1.807) is 12.1 Å². The Kier molecular flexibility index (Phi) is 4.68. The number of anilines is 1. The summed E-state index contributed by atoms with van der Waals surface area (Å²) in [5.41, 5.74) is 1.66. The van der Waals surface area contributed by atoms with E-state index < -0.39 is 10.0 Å². The van der Waals surface area contributed by atoms with Gasteiger partial charge in [-0.15, -0.1) is 0 Å². The molecule has 0 aromatic heterocycles. The topological polar surface area (TPSA) is 73.2 Å². The molecule has 0 amide bonds. The Morgan fingerprint density at radius 1 is 1.40 bits per heavy atom. The summed E-state index contributed by atoms with van der Waals surface area (Å²) in [4.78, 5) is 2.20. The zero-order valence-corrected chi connectivity index (χ0v) is 13.5. The van der Waals surface area contributed by atoms with Crippen LogP contribution in [0, 0.1) is 11.3 Å². The van der Waals surface area contributed by atoms with E-state index in [0.29, 0.717) is 5.56 Å². The van der Waals surface area contributed by atoms with E-state index >= 15 is 0 Å². The first-order chi connectivity index (χ1) is 9.39. The second-order valence-corrected chi connectivity index (χ2v) is 7.56. The van der Waals surface area contributed by atoms with Crippen molar-refractivity contribution in [1.82, 2.24) is 4.72 Å². The van der Waals surface area contributed by atoms with Gasteiger partial charge in [0, 0.05) is 23.6 Å². The molecule has 0 spiro atoms. The summed E-state index contributed by atoms with van der Waals surface area (Å²) >= 11 is 3.48. The summed E-state index contributed by atoms with van der Waals surface area (Å²) in [6, 6.07) is 7.64. The molecule has 1 N–H and O–H groups in total. The van der Waals surface area contributed by atoms with Crippen molar-refractivity contribution in [1.29, 1.82) is 5.26 Å². The summed E-state index contributed by atoms with van der Waals surface area (Å²) < 4.78 is 26.0. The van der Waals surface area contributed by atoms with Gasteiger partial charge in [0.25, 0.3) is 0 Å². The minimum Gasteiger partial charge on any atom is -0.371 e. The number of hydrogen-bond donors (Lipinski definition) is 1. The third-order valence-electron chi connectivity index (χ3n) is 3.29. The molecule has 0 radical (unpaired) electrons. The zero-order valence-electron chi connectivity index (χ0n) is 11.1. The first kappa shape index (κ1) is 15.3. The molecular formula is C13H16BrN3O2S. The lowest BCUT2D eigenvalue weighted by atomic mass is 10.1. The normalized spacial score (nSPS) is 16.9. The van der Waals surface area contributed by atoms with Gasteiger partial charge in [0.1, 0.15) is 0 Å². The SMILES string of the molecule is CS(=O)(=O)NC1CCN(c2ccc(C#N)cc2Br)CC1. The van der Waals surface area contributed by atoms with Crippen molar-refractivity contribution in [2.75, 3.05) is 24.2 Å². The molecule has 0 aliphatic carbocycles. The number of halogens is 1. The number of nitrogens with zero attached hydrogens (tertiary/aromatic N) is 2. The minimum absolute atomic E-state index is 0.0124. The van der Waals surface area contributed by atoms with Crippen molar-refractivity contribution in [2.45, 2.75) is 18.9 Å². The van der Waals surface area contributed by atoms with Gasteiger partial charge in [0.05, 0.1) is 23.6 Å². The number of benzene rings is 1. The Labute approximate surface area is 127 Å². The summed E-state index contributed by atoms with van der Waals surface area (Å²) in [6.07, 6.45) is 2.75. The molecule has 1 heterocycles. The molecule has 5 nitrogen and oxygen atoms in total. The smallest absolute Gasteiger partial charge is 0.208 e. The highest BCUT2D eigenvalue weighted by molar-refractivity contribution is 9.10. The number of nitriles is 1. The second-order valence-electron chi connectivity index (χ2n) is 4.93. The summed E-state index contributed by atoms with van der Waals surface area (Å²) in [6.45, 7) is 1.58. The third-order valence-corrected chi connectivity index (χ3v) is 4.69. The third kappa shape index (κ3) is 3.95. The van der Waals surface area contributed by atoms with Crippen molar-refractivity contribution >= 4 is 31.6 Å². The lowest BCUT2D eigenvalue weighted by molar-refractivity contribution is 0.461. The molecule has 1 fully saturated rings. The van der Waals surface area contributed by atoms with E-state index in [4.69, 9.17) is 5.26 Å². The highest BCUT2D eigenvalue weighted by atomic mass is 79.9. The maximum absolute atomic E-state index is 11.2. The number of nitrogens with one attached hydrogen (secondary N) is 1. The maximum Gasteiger partial charge on any atom is 0.208 e. The number of piperidine rings is 1. The Morgan fingerprint density at radius 3 is 2.55 bits per heavy atom. The summed E-state index contributed by atoms with van der Waals surface area (Å²) in [7, 11) is -3.14. The highest BCUT2D eigenvalue weighted by Gasteiger charge is 2.22. The fourth-order valence-corrected chi connectivity index (χ4v) is 3.84. The molecule has 1 aliphatic rings. The molecule has 2 rings (SSSR count). The Balaban J connectivity index is 2.02. The van der Waals surface area contributed by atoms with Crippen molar-refractivity contribution in [3.05, 3.63) is 28.2 Å². The molecule has 20 heavy (non-hydrogen) atoms. The molecule has 1 aromatic carbocycles. The number of hydrogen-bond acceptors (Lipinski definition) is 4. The van der Waals surface area contributed by atoms with Crippen LogP contribution in [0.5, 0.6) is 0 Å². The Bertz CT molecular complexity index is 632. The molecule has 0 bridgehead atoms. The van der Waals surface area contributed by atoms with Crippen LogP contribution in [0.4, 0.5) is 5.69 Å². The molecular weight excluding hydrogens is 342 g/mol. The average Bonchev–Trinajstić information content (AvgIpc) is 2.38. The number of sulfonamides is 1. The van der Waals surface area contributed by atoms with E-state index in [1.807, 2.05) is 6.07 Å². The van der Waals surface area contributed by atoms with Crippen LogP contribution in [0.25, 0.3) is 0 Å². The van der Waals surface area contributed by atoms with Gasteiger partial charge in [-0.2, -0.15) is 5.26 Å². The van der Waals surface area contributed by atoms with Crippen LogP contribution < -0.4 is 9.62 Å². The van der Waals surface area contributed by atoms with Crippen molar-refractivity contribution < 1.29 is 8.42 Å². The molecule has 1 aliphatic heterocycles. The van der Waals surface area contributed by atoms with Gasteiger partial charge in [0.2, 0.25) is 10.0 Å². The molecule has 0 unspecified atom stereocenters. The fraction of sp³-hybridized carbons (Fsp3) is 0.462. The summed E-state index contributed by atoms with van der Waals surface area (Å²) in [5.74, 6) is 0.